The molecule has 32 heavy (non-hydrogen) atoms. The first-order valence-electron chi connectivity index (χ1n) is 9.97. The number of halogens is 2. The minimum Gasteiger partial charge on any atom is -0.334 e. The van der Waals surface area contributed by atoms with Crippen LogP contribution in [0, 0.1) is 24.1 Å². The van der Waals surface area contributed by atoms with Crippen LogP contribution in [-0.2, 0) is 6.54 Å². The molecule has 2 aromatic carbocycles. The summed E-state index contributed by atoms with van der Waals surface area (Å²) < 4.78 is 13.2. The number of thiophene rings is 1. The van der Waals surface area contributed by atoms with Crippen LogP contribution in [-0.4, -0.2) is 23.3 Å². The van der Waals surface area contributed by atoms with Crippen LogP contribution in [0.2, 0.25) is 5.02 Å². The third kappa shape index (κ3) is 5.52. The Morgan fingerprint density at radius 1 is 1.19 bits per heavy atom. The van der Waals surface area contributed by atoms with E-state index in [0.717, 1.165) is 23.6 Å². The number of rotatable bonds is 7. The predicted molar refractivity (Wildman–Crippen MR) is 125 cm³/mol. The second-order valence-corrected chi connectivity index (χ2v) is 8.70. The lowest BCUT2D eigenvalue weighted by Crippen LogP contribution is -2.31. The molecule has 1 N–H and O–H groups in total. The van der Waals surface area contributed by atoms with E-state index in [2.05, 4.69) is 11.4 Å². The van der Waals surface area contributed by atoms with Gasteiger partial charge in [0.1, 0.15) is 5.82 Å². The van der Waals surface area contributed by atoms with Crippen LogP contribution in [0.1, 0.15) is 50.1 Å². The zero-order chi connectivity index (χ0) is 23.3. The first-order valence-corrected chi connectivity index (χ1v) is 11.2. The van der Waals surface area contributed by atoms with Crippen LogP contribution in [0.25, 0.3) is 0 Å². The van der Waals surface area contributed by atoms with Crippen molar-refractivity contribution in [3.63, 3.8) is 0 Å². The summed E-state index contributed by atoms with van der Waals surface area (Å²) in [6.07, 6.45) is 0.791. The highest BCUT2D eigenvalue weighted by atomic mass is 35.5. The monoisotopic (exact) mass is 469 g/mol. The maximum Gasteiger partial charge on any atom is 0.264 e. The summed E-state index contributed by atoms with van der Waals surface area (Å²) in [6, 6.07) is 14.5. The summed E-state index contributed by atoms with van der Waals surface area (Å²) in [5.74, 6) is -1.12. The van der Waals surface area contributed by atoms with Gasteiger partial charge in [-0.2, -0.15) is 5.26 Å². The lowest BCUT2D eigenvalue weighted by Gasteiger charge is -2.22. The molecule has 164 valence electrons. The molecule has 2 amide bonds. The van der Waals surface area contributed by atoms with Gasteiger partial charge >= 0.3 is 0 Å². The van der Waals surface area contributed by atoms with Gasteiger partial charge in [0.2, 0.25) is 0 Å². The summed E-state index contributed by atoms with van der Waals surface area (Å²) in [6.45, 7) is 4.81. The van der Waals surface area contributed by atoms with Gasteiger partial charge in [-0.05, 0) is 60.9 Å². The zero-order valence-corrected chi connectivity index (χ0v) is 19.2. The van der Waals surface area contributed by atoms with Crippen molar-refractivity contribution in [2.45, 2.75) is 26.8 Å². The van der Waals surface area contributed by atoms with Gasteiger partial charge in [0, 0.05) is 13.1 Å². The Kier molecular flexibility index (Phi) is 7.62. The van der Waals surface area contributed by atoms with E-state index >= 15 is 0 Å². The fourth-order valence-electron chi connectivity index (χ4n) is 3.18. The molecule has 3 aromatic rings. The maximum atomic E-state index is 13.3. The number of benzene rings is 2. The van der Waals surface area contributed by atoms with Crippen molar-refractivity contribution in [1.82, 2.24) is 4.90 Å². The second kappa shape index (κ2) is 10.4. The second-order valence-electron chi connectivity index (χ2n) is 7.24. The Morgan fingerprint density at radius 2 is 1.91 bits per heavy atom. The lowest BCUT2D eigenvalue weighted by atomic mass is 10.1. The largest absolute Gasteiger partial charge is 0.334 e. The van der Waals surface area contributed by atoms with E-state index in [0.29, 0.717) is 28.5 Å². The van der Waals surface area contributed by atoms with Crippen LogP contribution in [0.5, 0.6) is 0 Å². The third-order valence-corrected chi connectivity index (χ3v) is 6.21. The van der Waals surface area contributed by atoms with Gasteiger partial charge in [0.15, 0.2) is 0 Å². The van der Waals surface area contributed by atoms with E-state index in [-0.39, 0.29) is 16.5 Å². The number of nitrogens with zero attached hydrogens (tertiary/aromatic N) is 2. The molecule has 1 aromatic heterocycles. The van der Waals surface area contributed by atoms with Crippen molar-refractivity contribution in [2.75, 3.05) is 11.9 Å². The molecule has 0 aliphatic rings. The molecular weight excluding hydrogens is 449 g/mol. The first-order chi connectivity index (χ1) is 15.3. The number of nitrogens with one attached hydrogen (secondary N) is 1. The number of nitriles is 1. The van der Waals surface area contributed by atoms with E-state index in [1.807, 2.05) is 26.0 Å². The third-order valence-electron chi connectivity index (χ3n) is 4.76. The Bertz CT molecular complexity index is 1180. The minimum atomic E-state index is -0.523. The Balaban J connectivity index is 1.77. The van der Waals surface area contributed by atoms with Crippen LogP contribution in [0.15, 0.2) is 48.5 Å². The molecule has 0 saturated heterocycles. The van der Waals surface area contributed by atoms with E-state index < -0.39 is 11.7 Å². The van der Waals surface area contributed by atoms with Gasteiger partial charge in [-0.1, -0.05) is 30.7 Å². The molecule has 5 nitrogen and oxygen atoms in total. The Hall–Kier alpha value is -3.21. The molecule has 0 saturated carbocycles. The van der Waals surface area contributed by atoms with Crippen molar-refractivity contribution in [3.8, 4) is 6.07 Å². The molecule has 0 aliphatic carbocycles. The van der Waals surface area contributed by atoms with Gasteiger partial charge in [-0.3, -0.25) is 9.59 Å². The fraction of sp³-hybridized carbons (Fsp3) is 0.208. The van der Waals surface area contributed by atoms with E-state index in [1.165, 1.54) is 23.5 Å². The van der Waals surface area contributed by atoms with Crippen LogP contribution >= 0.6 is 22.9 Å². The average Bonchev–Trinajstić information content (AvgIpc) is 3.13. The fourth-order valence-corrected chi connectivity index (χ4v) is 4.47. The van der Waals surface area contributed by atoms with Gasteiger partial charge in [-0.15, -0.1) is 11.3 Å². The highest BCUT2D eigenvalue weighted by molar-refractivity contribution is 7.18. The average molecular weight is 470 g/mol. The van der Waals surface area contributed by atoms with Gasteiger partial charge in [-0.25, -0.2) is 4.39 Å². The van der Waals surface area contributed by atoms with Gasteiger partial charge in [0.05, 0.1) is 32.1 Å². The number of amides is 2. The molecule has 0 radical (unpaired) electrons. The summed E-state index contributed by atoms with van der Waals surface area (Å²) in [4.78, 5) is 28.1. The smallest absolute Gasteiger partial charge is 0.264 e. The van der Waals surface area contributed by atoms with Gasteiger partial charge in [0.25, 0.3) is 11.8 Å². The summed E-state index contributed by atoms with van der Waals surface area (Å²) in [5.41, 5.74) is 2.40. The van der Waals surface area contributed by atoms with Gasteiger partial charge < -0.3 is 10.2 Å². The molecule has 0 bridgehead atoms. The number of anilines is 1. The van der Waals surface area contributed by atoms with Crippen molar-refractivity contribution < 1.29 is 14.0 Å². The summed E-state index contributed by atoms with van der Waals surface area (Å²) in [7, 11) is 0. The SMILES string of the molecule is CCCN(Cc1ccc(C#N)cc1)C(=O)c1sc(NC(=O)c2ccc(F)cc2Cl)cc1C. The molecule has 8 heteroatoms. The number of hydrogen-bond acceptors (Lipinski definition) is 4. The van der Waals surface area contributed by atoms with Crippen molar-refractivity contribution in [2.24, 2.45) is 0 Å². The van der Waals surface area contributed by atoms with Crippen LogP contribution < -0.4 is 5.32 Å². The summed E-state index contributed by atoms with van der Waals surface area (Å²) in [5, 5.41) is 12.2. The van der Waals surface area contributed by atoms with Crippen LogP contribution in [0.3, 0.4) is 0 Å². The molecule has 0 spiro atoms. The zero-order valence-electron chi connectivity index (χ0n) is 17.6. The maximum absolute atomic E-state index is 13.3. The standard InChI is InChI=1S/C24H21ClFN3O2S/c1-3-10-29(14-17-6-4-16(13-27)5-7-17)24(31)22-15(2)11-21(32-22)28-23(30)19-9-8-18(26)12-20(19)25/h4-9,11-12H,3,10,14H2,1-2H3,(H,28,30). The molecule has 0 unspecified atom stereocenters. The molecule has 0 aliphatic heterocycles. The lowest BCUT2D eigenvalue weighted by molar-refractivity contribution is 0.0747. The number of carbonyl (C=O) groups excluding carboxylic acids is 2. The Labute approximate surface area is 195 Å². The van der Waals surface area contributed by atoms with Crippen molar-refractivity contribution in [1.29, 1.82) is 5.26 Å². The number of carbonyl (C=O) groups is 2. The Morgan fingerprint density at radius 3 is 2.53 bits per heavy atom. The van der Waals surface area contributed by atoms with Crippen LogP contribution in [0.4, 0.5) is 9.39 Å². The number of aryl methyl sites for hydroxylation is 1. The van der Waals surface area contributed by atoms with E-state index in [4.69, 9.17) is 16.9 Å². The molecule has 0 atom stereocenters. The topological polar surface area (TPSA) is 73.2 Å². The molecule has 0 fully saturated rings. The van der Waals surface area contributed by atoms with Crippen molar-refractivity contribution in [3.05, 3.63) is 86.5 Å². The highest BCUT2D eigenvalue weighted by Gasteiger charge is 2.21. The van der Waals surface area contributed by atoms with E-state index in [1.54, 1.807) is 23.1 Å². The normalized spacial score (nSPS) is 10.5. The highest BCUT2D eigenvalue weighted by Crippen LogP contribution is 2.29. The minimum absolute atomic E-state index is 0.0172. The molecule has 3 rings (SSSR count). The number of hydrogen-bond donors (Lipinski definition) is 1. The molecular formula is C24H21ClFN3O2S. The van der Waals surface area contributed by atoms with E-state index in [9.17, 15) is 14.0 Å². The quantitative estimate of drug-likeness (QED) is 0.459. The first kappa shape index (κ1) is 23.5. The summed E-state index contributed by atoms with van der Waals surface area (Å²) >= 11 is 7.16. The predicted octanol–water partition coefficient (Wildman–Crippen LogP) is 6.03. The molecule has 1 heterocycles. The van der Waals surface area contributed by atoms with Crippen molar-refractivity contribution >= 4 is 39.8 Å².